The Labute approximate surface area is 154 Å². The molecule has 2 saturated heterocycles. The molecule has 2 aliphatic rings. The van der Waals surface area contributed by atoms with Crippen LogP contribution in [0, 0.1) is 0 Å². The Hall–Kier alpha value is -2.08. The van der Waals surface area contributed by atoms with Crippen LogP contribution in [0.1, 0.15) is 50.0 Å². The van der Waals surface area contributed by atoms with Crippen molar-refractivity contribution in [1.82, 2.24) is 20.4 Å². The fourth-order valence-corrected chi connectivity index (χ4v) is 4.37. The van der Waals surface area contributed by atoms with Gasteiger partial charge in [0.2, 0.25) is 0 Å². The molecule has 1 unspecified atom stereocenters. The molecule has 2 atom stereocenters. The van der Waals surface area contributed by atoms with Crippen LogP contribution in [-0.4, -0.2) is 59.3 Å². The Kier molecular flexibility index (Phi) is 4.85. The van der Waals surface area contributed by atoms with Gasteiger partial charge in [-0.25, -0.2) is 0 Å². The van der Waals surface area contributed by atoms with Crippen molar-refractivity contribution < 1.29 is 4.79 Å². The van der Waals surface area contributed by atoms with Crippen molar-refractivity contribution in [2.24, 2.45) is 0 Å². The minimum atomic E-state index is -0.0584. The molecule has 0 radical (unpaired) electrons. The molecule has 2 aliphatic heterocycles. The lowest BCUT2D eigenvalue weighted by atomic mass is 10.00. The second-order valence-corrected chi connectivity index (χ2v) is 7.51. The van der Waals surface area contributed by atoms with E-state index in [9.17, 15) is 4.79 Å². The lowest BCUT2D eigenvalue weighted by Crippen LogP contribution is -2.52. The van der Waals surface area contributed by atoms with Crippen molar-refractivity contribution in [1.29, 1.82) is 0 Å². The maximum atomic E-state index is 12.9. The summed E-state index contributed by atoms with van der Waals surface area (Å²) in [7, 11) is 0. The molecule has 1 aromatic carbocycles. The van der Waals surface area contributed by atoms with Gasteiger partial charge in [0.05, 0.1) is 5.52 Å². The number of nitrogens with one attached hydrogen (secondary N) is 2. The van der Waals surface area contributed by atoms with Crippen molar-refractivity contribution in [2.75, 3.05) is 31.1 Å². The number of hydrogen-bond donors (Lipinski definition) is 2. The van der Waals surface area contributed by atoms with Gasteiger partial charge in [0.1, 0.15) is 0 Å². The predicted octanol–water partition coefficient (Wildman–Crippen LogP) is 2.77. The van der Waals surface area contributed by atoms with Gasteiger partial charge in [-0.1, -0.05) is 0 Å². The van der Waals surface area contributed by atoms with Crippen molar-refractivity contribution in [2.45, 2.75) is 51.6 Å². The van der Waals surface area contributed by atoms with Crippen LogP contribution in [0.2, 0.25) is 0 Å². The summed E-state index contributed by atoms with van der Waals surface area (Å²) in [6.07, 6.45) is 4.84. The number of rotatable bonds is 5. The number of H-pyrrole nitrogens is 1. The Balaban J connectivity index is 1.53. The summed E-state index contributed by atoms with van der Waals surface area (Å²) in [5.41, 5.74) is 2.56. The third-order valence-corrected chi connectivity index (χ3v) is 6.04. The first-order valence-electron chi connectivity index (χ1n) is 9.97. The number of aromatic nitrogens is 2. The van der Waals surface area contributed by atoms with E-state index in [-0.39, 0.29) is 11.9 Å². The minimum Gasteiger partial charge on any atom is -0.372 e. The lowest BCUT2D eigenvalue weighted by Gasteiger charge is -2.40. The number of nitrogens with zero attached hydrogens (tertiary/aromatic N) is 3. The number of fused-ring (bicyclic) bond motifs is 2. The third kappa shape index (κ3) is 3.18. The number of amides is 1. The maximum absolute atomic E-state index is 12.9. The smallest absolute Gasteiger partial charge is 0.272 e. The standard InChI is InChI=1S/C20H29N5O/c1-3-24(4-2)16-8-9-18-17(12-16)19(23-22-18)20(26)21-14-6-5-7-15-10-11-25(15)13-14/h8-9,12,14-15H,3-7,10-11,13H2,1-2H3,(H,21,26)(H,22,23)/t14-,15?/m1/s1. The highest BCUT2D eigenvalue weighted by atomic mass is 16.2. The zero-order chi connectivity index (χ0) is 18.1. The number of benzene rings is 1. The van der Waals surface area contributed by atoms with Gasteiger partial charge in [0.15, 0.2) is 5.69 Å². The largest absolute Gasteiger partial charge is 0.372 e. The fourth-order valence-electron chi connectivity index (χ4n) is 4.37. The van der Waals surface area contributed by atoms with Gasteiger partial charge in [0.25, 0.3) is 5.91 Å². The molecule has 0 spiro atoms. The molecule has 0 bridgehead atoms. The first kappa shape index (κ1) is 17.3. The lowest BCUT2D eigenvalue weighted by molar-refractivity contribution is 0.0787. The normalized spacial score (nSPS) is 23.2. The summed E-state index contributed by atoms with van der Waals surface area (Å²) in [5, 5.41) is 11.5. The fraction of sp³-hybridized carbons (Fsp3) is 0.600. The topological polar surface area (TPSA) is 64.3 Å². The average Bonchev–Trinajstić information content (AvgIpc) is 3.00. The van der Waals surface area contributed by atoms with Gasteiger partial charge in [-0.05, 0) is 64.3 Å². The number of hydrogen-bond acceptors (Lipinski definition) is 4. The highest BCUT2D eigenvalue weighted by Gasteiger charge is 2.33. The average molecular weight is 355 g/mol. The molecule has 1 aromatic heterocycles. The first-order valence-corrected chi connectivity index (χ1v) is 9.97. The summed E-state index contributed by atoms with van der Waals surface area (Å²) < 4.78 is 0. The number of aromatic amines is 1. The summed E-state index contributed by atoms with van der Waals surface area (Å²) >= 11 is 0. The Bertz CT molecular complexity index is 782. The van der Waals surface area contributed by atoms with Crippen LogP contribution in [0.15, 0.2) is 18.2 Å². The second-order valence-electron chi connectivity index (χ2n) is 7.51. The Morgan fingerprint density at radius 2 is 2.15 bits per heavy atom. The van der Waals surface area contributed by atoms with Crippen LogP contribution in [-0.2, 0) is 0 Å². The molecule has 3 heterocycles. The van der Waals surface area contributed by atoms with E-state index in [0.717, 1.165) is 48.7 Å². The van der Waals surface area contributed by atoms with Crippen molar-refractivity contribution in [3.63, 3.8) is 0 Å². The molecule has 0 saturated carbocycles. The molecule has 4 rings (SSSR count). The van der Waals surface area contributed by atoms with Crippen LogP contribution >= 0.6 is 0 Å². The first-order chi connectivity index (χ1) is 12.7. The van der Waals surface area contributed by atoms with E-state index in [0.29, 0.717) is 5.69 Å². The van der Waals surface area contributed by atoms with E-state index in [1.54, 1.807) is 0 Å². The van der Waals surface area contributed by atoms with E-state index in [1.807, 2.05) is 6.07 Å². The molecule has 26 heavy (non-hydrogen) atoms. The van der Waals surface area contributed by atoms with E-state index in [2.05, 4.69) is 51.3 Å². The van der Waals surface area contributed by atoms with Crippen molar-refractivity contribution in [3.05, 3.63) is 23.9 Å². The SMILES string of the molecule is CCN(CC)c1ccc2[nH]nc(C(=O)N[C@@H]3CCCC4CCN4C3)c2c1. The van der Waals surface area contributed by atoms with Crippen LogP contribution in [0.3, 0.4) is 0 Å². The van der Waals surface area contributed by atoms with Gasteiger partial charge in [-0.3, -0.25) is 14.8 Å². The van der Waals surface area contributed by atoms with Gasteiger partial charge >= 0.3 is 0 Å². The summed E-state index contributed by atoms with van der Waals surface area (Å²) in [6.45, 7) is 8.33. The maximum Gasteiger partial charge on any atom is 0.272 e. The quantitative estimate of drug-likeness (QED) is 0.866. The molecule has 6 heteroatoms. The molecule has 2 fully saturated rings. The number of anilines is 1. The Morgan fingerprint density at radius 1 is 1.31 bits per heavy atom. The highest BCUT2D eigenvalue weighted by molar-refractivity contribution is 6.05. The van der Waals surface area contributed by atoms with Crippen LogP contribution in [0.25, 0.3) is 10.9 Å². The molecule has 2 N–H and O–H groups in total. The van der Waals surface area contributed by atoms with E-state index < -0.39 is 0 Å². The summed E-state index contributed by atoms with van der Waals surface area (Å²) in [6, 6.07) is 7.16. The molecule has 6 nitrogen and oxygen atoms in total. The summed E-state index contributed by atoms with van der Waals surface area (Å²) in [5.74, 6) is -0.0584. The zero-order valence-corrected chi connectivity index (χ0v) is 15.8. The van der Waals surface area contributed by atoms with Crippen LogP contribution in [0.4, 0.5) is 5.69 Å². The predicted molar refractivity (Wildman–Crippen MR) is 105 cm³/mol. The molecule has 1 amide bonds. The van der Waals surface area contributed by atoms with Gasteiger partial charge in [0, 0.05) is 42.8 Å². The second kappa shape index (κ2) is 7.27. The number of carbonyl (C=O) groups is 1. The summed E-state index contributed by atoms with van der Waals surface area (Å²) in [4.78, 5) is 17.7. The van der Waals surface area contributed by atoms with Crippen molar-refractivity contribution in [3.8, 4) is 0 Å². The van der Waals surface area contributed by atoms with Crippen LogP contribution < -0.4 is 10.2 Å². The number of carbonyl (C=O) groups excluding carboxylic acids is 1. The molecule has 0 aliphatic carbocycles. The molecular weight excluding hydrogens is 326 g/mol. The molecular formula is C20H29N5O. The molecule has 140 valence electrons. The molecule has 2 aromatic rings. The Morgan fingerprint density at radius 3 is 2.88 bits per heavy atom. The van der Waals surface area contributed by atoms with E-state index in [4.69, 9.17) is 0 Å². The minimum absolute atomic E-state index is 0.0584. The van der Waals surface area contributed by atoms with Gasteiger partial charge in [-0.2, -0.15) is 5.10 Å². The van der Waals surface area contributed by atoms with Gasteiger partial charge in [-0.15, -0.1) is 0 Å². The highest BCUT2D eigenvalue weighted by Crippen LogP contribution is 2.27. The van der Waals surface area contributed by atoms with Gasteiger partial charge < -0.3 is 10.2 Å². The van der Waals surface area contributed by atoms with E-state index >= 15 is 0 Å². The zero-order valence-electron chi connectivity index (χ0n) is 15.8. The van der Waals surface area contributed by atoms with Crippen molar-refractivity contribution >= 4 is 22.5 Å². The van der Waals surface area contributed by atoms with E-state index in [1.165, 1.54) is 25.8 Å². The third-order valence-electron chi connectivity index (χ3n) is 6.04. The monoisotopic (exact) mass is 355 g/mol. The van der Waals surface area contributed by atoms with Crippen LogP contribution in [0.5, 0.6) is 0 Å².